The standard InChI is InChI=1S/C10H7ClN2O4/c1-17-10(16)5-3-12-8-7(13-5)6(14)2-4(11)9(8)15/h2-3,7-8H,1H3/t7-,8-/m0/s1. The highest BCUT2D eigenvalue weighted by Crippen LogP contribution is 2.22. The van der Waals surface area contributed by atoms with E-state index in [1.807, 2.05) is 0 Å². The molecule has 1 aliphatic carbocycles. The first-order valence-electron chi connectivity index (χ1n) is 4.69. The van der Waals surface area contributed by atoms with Crippen molar-refractivity contribution in [3.63, 3.8) is 0 Å². The predicted molar refractivity (Wildman–Crippen MR) is 59.5 cm³/mol. The van der Waals surface area contributed by atoms with Crippen LogP contribution in [0.25, 0.3) is 0 Å². The molecule has 0 spiro atoms. The Morgan fingerprint density at radius 2 is 2.12 bits per heavy atom. The summed E-state index contributed by atoms with van der Waals surface area (Å²) in [6, 6.07) is -1.97. The zero-order valence-electron chi connectivity index (χ0n) is 8.71. The first-order chi connectivity index (χ1) is 8.04. The lowest BCUT2D eigenvalue weighted by Crippen LogP contribution is -2.44. The number of aliphatic imine (C=N–C) groups is 2. The summed E-state index contributed by atoms with van der Waals surface area (Å²) in [5, 5.41) is -0.162. The summed E-state index contributed by atoms with van der Waals surface area (Å²) in [5.74, 6) is -1.62. The Hall–Kier alpha value is -1.82. The van der Waals surface area contributed by atoms with Gasteiger partial charge in [-0.3, -0.25) is 19.6 Å². The molecule has 88 valence electrons. The van der Waals surface area contributed by atoms with E-state index in [1.165, 1.54) is 7.11 Å². The molecule has 0 aromatic carbocycles. The molecule has 1 aliphatic heterocycles. The summed E-state index contributed by atoms with van der Waals surface area (Å²) >= 11 is 5.58. The molecule has 0 saturated carbocycles. The van der Waals surface area contributed by atoms with Crippen LogP contribution in [0.5, 0.6) is 0 Å². The van der Waals surface area contributed by atoms with Crippen molar-refractivity contribution < 1.29 is 19.1 Å². The van der Waals surface area contributed by atoms with Crippen molar-refractivity contribution in [2.45, 2.75) is 12.1 Å². The van der Waals surface area contributed by atoms with Gasteiger partial charge in [-0.2, -0.15) is 0 Å². The number of ketones is 2. The zero-order valence-corrected chi connectivity index (χ0v) is 9.47. The van der Waals surface area contributed by atoms with Crippen LogP contribution in [0.3, 0.4) is 0 Å². The molecule has 2 rings (SSSR count). The summed E-state index contributed by atoms with van der Waals surface area (Å²) < 4.78 is 4.45. The summed E-state index contributed by atoms with van der Waals surface area (Å²) in [7, 11) is 1.19. The van der Waals surface area contributed by atoms with Crippen molar-refractivity contribution >= 4 is 41.1 Å². The van der Waals surface area contributed by atoms with E-state index in [2.05, 4.69) is 14.7 Å². The van der Waals surface area contributed by atoms with E-state index in [-0.39, 0.29) is 10.7 Å². The number of Topliss-reactive ketones (excluding diaryl/α,β-unsaturated/α-hetero) is 1. The molecule has 7 heteroatoms. The maximum Gasteiger partial charge on any atom is 0.357 e. The molecule has 0 aromatic rings. The number of carbonyl (C=O) groups excluding carboxylic acids is 3. The summed E-state index contributed by atoms with van der Waals surface area (Å²) in [6.45, 7) is 0. The smallest absolute Gasteiger partial charge is 0.357 e. The highest BCUT2D eigenvalue weighted by molar-refractivity contribution is 6.60. The fourth-order valence-electron chi connectivity index (χ4n) is 1.55. The molecule has 0 unspecified atom stereocenters. The van der Waals surface area contributed by atoms with Crippen molar-refractivity contribution in [2.24, 2.45) is 9.98 Å². The van der Waals surface area contributed by atoms with Crippen LogP contribution in [0.2, 0.25) is 0 Å². The number of ether oxygens (including phenoxy) is 1. The molecule has 6 nitrogen and oxygen atoms in total. The van der Waals surface area contributed by atoms with E-state index >= 15 is 0 Å². The highest BCUT2D eigenvalue weighted by atomic mass is 35.5. The largest absolute Gasteiger partial charge is 0.464 e. The average Bonchev–Trinajstić information content (AvgIpc) is 2.34. The molecule has 0 saturated heterocycles. The number of carbonyl (C=O) groups is 3. The van der Waals surface area contributed by atoms with Gasteiger partial charge in [0, 0.05) is 6.08 Å². The van der Waals surface area contributed by atoms with Crippen molar-refractivity contribution in [3.8, 4) is 0 Å². The van der Waals surface area contributed by atoms with Crippen LogP contribution in [-0.4, -0.2) is 48.7 Å². The van der Waals surface area contributed by atoms with Gasteiger partial charge in [0.05, 0.1) is 18.4 Å². The van der Waals surface area contributed by atoms with Gasteiger partial charge in [0.15, 0.2) is 11.5 Å². The van der Waals surface area contributed by atoms with Gasteiger partial charge in [-0.1, -0.05) is 11.6 Å². The summed E-state index contributed by atoms with van der Waals surface area (Å²) in [4.78, 5) is 42.1. The SMILES string of the molecule is COC(=O)C1=N[C@H]2C(=O)C=C(Cl)C(=O)[C@H]2N=C1. The van der Waals surface area contributed by atoms with E-state index in [0.29, 0.717) is 0 Å². The second-order valence-corrected chi connectivity index (χ2v) is 3.84. The van der Waals surface area contributed by atoms with Crippen molar-refractivity contribution in [1.82, 2.24) is 0 Å². The molecule has 2 aliphatic rings. The van der Waals surface area contributed by atoms with Crippen LogP contribution < -0.4 is 0 Å². The lowest BCUT2D eigenvalue weighted by Gasteiger charge is -2.24. The Morgan fingerprint density at radius 3 is 2.76 bits per heavy atom. The van der Waals surface area contributed by atoms with Gasteiger partial charge >= 0.3 is 5.97 Å². The fraction of sp³-hybridized carbons (Fsp3) is 0.300. The van der Waals surface area contributed by atoms with Crippen LogP contribution >= 0.6 is 11.6 Å². The topological polar surface area (TPSA) is 85.2 Å². The third kappa shape index (κ3) is 1.91. The van der Waals surface area contributed by atoms with Gasteiger partial charge in [-0.15, -0.1) is 0 Å². The molecular formula is C10H7ClN2O4. The first-order valence-corrected chi connectivity index (χ1v) is 5.07. The first kappa shape index (κ1) is 11.7. The quantitative estimate of drug-likeness (QED) is 0.601. The summed E-state index contributed by atoms with van der Waals surface area (Å²) in [6.07, 6.45) is 2.12. The normalized spacial score (nSPS) is 27.2. The third-order valence-corrected chi connectivity index (χ3v) is 2.69. The molecule has 0 radical (unpaired) electrons. The molecule has 1 heterocycles. The maximum absolute atomic E-state index is 11.6. The Morgan fingerprint density at radius 1 is 1.41 bits per heavy atom. The minimum Gasteiger partial charge on any atom is -0.464 e. The Kier molecular flexibility index (Phi) is 2.89. The van der Waals surface area contributed by atoms with Gasteiger partial charge in [-0.05, 0) is 0 Å². The number of fused-ring (bicyclic) bond motifs is 1. The predicted octanol–water partition coefficient (Wildman–Crippen LogP) is -0.304. The lowest BCUT2D eigenvalue weighted by molar-refractivity contribution is -0.132. The molecule has 2 atom stereocenters. The minimum atomic E-state index is -1.01. The minimum absolute atomic E-state index is 0.0821. The van der Waals surface area contributed by atoms with Crippen LogP contribution in [0.15, 0.2) is 21.1 Å². The van der Waals surface area contributed by atoms with E-state index in [4.69, 9.17) is 11.6 Å². The van der Waals surface area contributed by atoms with Crippen LogP contribution in [-0.2, 0) is 19.1 Å². The molecule has 0 fully saturated rings. The van der Waals surface area contributed by atoms with Gasteiger partial charge in [0.2, 0.25) is 5.78 Å². The number of nitrogens with zero attached hydrogens (tertiary/aromatic N) is 2. The van der Waals surface area contributed by atoms with Crippen molar-refractivity contribution in [1.29, 1.82) is 0 Å². The number of methoxy groups -OCH3 is 1. The number of halogens is 1. The third-order valence-electron chi connectivity index (χ3n) is 2.39. The van der Waals surface area contributed by atoms with E-state index in [0.717, 1.165) is 12.3 Å². The maximum atomic E-state index is 11.6. The molecule has 0 bridgehead atoms. The van der Waals surface area contributed by atoms with Gasteiger partial charge in [0.25, 0.3) is 0 Å². The van der Waals surface area contributed by atoms with E-state index in [9.17, 15) is 14.4 Å². The Bertz CT molecular complexity index is 506. The van der Waals surface area contributed by atoms with Crippen molar-refractivity contribution in [3.05, 3.63) is 11.1 Å². The highest BCUT2D eigenvalue weighted by Gasteiger charge is 2.40. The number of esters is 1. The molecule has 0 N–H and O–H groups in total. The van der Waals surface area contributed by atoms with Crippen LogP contribution in [0.1, 0.15) is 0 Å². The molecule has 0 aromatic heterocycles. The lowest BCUT2D eigenvalue weighted by atomic mass is 9.93. The molecule has 0 amide bonds. The molecule has 17 heavy (non-hydrogen) atoms. The fourth-order valence-corrected chi connectivity index (χ4v) is 1.77. The zero-order chi connectivity index (χ0) is 12.6. The monoisotopic (exact) mass is 254 g/mol. The van der Waals surface area contributed by atoms with Gasteiger partial charge < -0.3 is 4.74 Å². The van der Waals surface area contributed by atoms with E-state index < -0.39 is 29.6 Å². The average molecular weight is 255 g/mol. The Balaban J connectivity index is 2.38. The molecular weight excluding hydrogens is 248 g/mol. The second-order valence-electron chi connectivity index (χ2n) is 3.43. The van der Waals surface area contributed by atoms with Crippen LogP contribution in [0.4, 0.5) is 0 Å². The van der Waals surface area contributed by atoms with Crippen LogP contribution in [0, 0.1) is 0 Å². The Labute approximate surface area is 101 Å². The summed E-state index contributed by atoms with van der Waals surface area (Å²) in [5.41, 5.74) is -0.0821. The van der Waals surface area contributed by atoms with Crippen molar-refractivity contribution in [2.75, 3.05) is 7.11 Å². The number of hydrogen-bond acceptors (Lipinski definition) is 6. The number of hydrogen-bond donors (Lipinski definition) is 0. The van der Waals surface area contributed by atoms with E-state index in [1.54, 1.807) is 0 Å². The van der Waals surface area contributed by atoms with Gasteiger partial charge in [-0.25, -0.2) is 4.79 Å². The number of rotatable bonds is 1. The second kappa shape index (κ2) is 4.21. The van der Waals surface area contributed by atoms with Gasteiger partial charge in [0.1, 0.15) is 12.1 Å².